The van der Waals surface area contributed by atoms with E-state index in [0.717, 1.165) is 22.0 Å². The van der Waals surface area contributed by atoms with E-state index in [-0.39, 0.29) is 5.82 Å². The van der Waals surface area contributed by atoms with E-state index >= 15 is 0 Å². The lowest BCUT2D eigenvalue weighted by Gasteiger charge is -2.00. The molecule has 1 heterocycles. The average molecular weight is 246 g/mol. The molecular formula is C14H9ClFN. The Hall–Kier alpha value is -1.80. The van der Waals surface area contributed by atoms with E-state index in [1.807, 2.05) is 30.5 Å². The molecule has 0 fully saturated rings. The highest BCUT2D eigenvalue weighted by Gasteiger charge is 2.06. The molecule has 0 saturated heterocycles. The molecule has 3 aromatic rings. The first-order chi connectivity index (χ1) is 8.24. The number of aromatic nitrogens is 1. The highest BCUT2D eigenvalue weighted by atomic mass is 35.5. The first-order valence-corrected chi connectivity index (χ1v) is 5.64. The second kappa shape index (κ2) is 3.90. The third-order valence-corrected chi connectivity index (χ3v) is 3.05. The van der Waals surface area contributed by atoms with E-state index in [1.165, 1.54) is 12.1 Å². The molecule has 1 N–H and O–H groups in total. The van der Waals surface area contributed by atoms with Gasteiger partial charge in [0.25, 0.3) is 0 Å². The number of hydrogen-bond donors (Lipinski definition) is 1. The van der Waals surface area contributed by atoms with Crippen molar-refractivity contribution < 1.29 is 4.39 Å². The van der Waals surface area contributed by atoms with Crippen molar-refractivity contribution >= 4 is 22.5 Å². The zero-order chi connectivity index (χ0) is 11.8. The van der Waals surface area contributed by atoms with Crippen LogP contribution in [0.25, 0.3) is 22.0 Å². The van der Waals surface area contributed by atoms with Gasteiger partial charge in [0, 0.05) is 27.7 Å². The van der Waals surface area contributed by atoms with Gasteiger partial charge in [-0.3, -0.25) is 0 Å². The normalized spacial score (nSPS) is 10.9. The van der Waals surface area contributed by atoms with Crippen LogP contribution in [0.2, 0.25) is 5.02 Å². The van der Waals surface area contributed by atoms with Crippen LogP contribution in [0.5, 0.6) is 0 Å². The third kappa shape index (κ3) is 1.81. The summed E-state index contributed by atoms with van der Waals surface area (Å²) in [7, 11) is 0. The van der Waals surface area contributed by atoms with Gasteiger partial charge in [0.1, 0.15) is 5.82 Å². The molecule has 0 atom stereocenters. The zero-order valence-corrected chi connectivity index (χ0v) is 9.63. The van der Waals surface area contributed by atoms with E-state index in [0.29, 0.717) is 5.02 Å². The van der Waals surface area contributed by atoms with Crippen LogP contribution in [0.3, 0.4) is 0 Å². The Balaban J connectivity index is 2.23. The molecule has 2 aromatic carbocycles. The minimum absolute atomic E-state index is 0.229. The first-order valence-electron chi connectivity index (χ1n) is 5.26. The van der Waals surface area contributed by atoms with E-state index in [9.17, 15) is 4.39 Å². The predicted molar refractivity (Wildman–Crippen MR) is 68.7 cm³/mol. The van der Waals surface area contributed by atoms with Crippen molar-refractivity contribution in [3.63, 3.8) is 0 Å². The highest BCUT2D eigenvalue weighted by molar-refractivity contribution is 6.30. The maximum atomic E-state index is 13.2. The van der Waals surface area contributed by atoms with Crippen molar-refractivity contribution in [2.45, 2.75) is 0 Å². The van der Waals surface area contributed by atoms with Crippen molar-refractivity contribution in [3.8, 4) is 11.1 Å². The fraction of sp³-hybridized carbons (Fsp3) is 0. The Bertz CT molecular complexity index is 670. The maximum absolute atomic E-state index is 13.2. The van der Waals surface area contributed by atoms with Crippen molar-refractivity contribution in [2.24, 2.45) is 0 Å². The van der Waals surface area contributed by atoms with Gasteiger partial charge in [-0.15, -0.1) is 0 Å². The summed E-state index contributed by atoms with van der Waals surface area (Å²) in [6.07, 6.45) is 1.88. The first kappa shape index (κ1) is 10.4. The summed E-state index contributed by atoms with van der Waals surface area (Å²) in [5.74, 6) is -0.229. The van der Waals surface area contributed by atoms with Gasteiger partial charge in [0.05, 0.1) is 0 Å². The lowest BCUT2D eigenvalue weighted by Crippen LogP contribution is -1.77. The molecule has 0 aliphatic heterocycles. The van der Waals surface area contributed by atoms with E-state index in [1.54, 1.807) is 6.07 Å². The van der Waals surface area contributed by atoms with Crippen molar-refractivity contribution in [1.29, 1.82) is 0 Å². The van der Waals surface area contributed by atoms with Crippen LogP contribution < -0.4 is 0 Å². The van der Waals surface area contributed by atoms with Crippen LogP contribution in [0.15, 0.2) is 48.7 Å². The molecule has 84 valence electrons. The van der Waals surface area contributed by atoms with Gasteiger partial charge < -0.3 is 4.98 Å². The van der Waals surface area contributed by atoms with Gasteiger partial charge in [-0.25, -0.2) is 4.39 Å². The minimum atomic E-state index is -0.229. The standard InChI is InChI=1S/C14H9ClFN/c15-10-3-1-9(2-4-10)13-8-17-14-6-5-11(16)7-12(13)14/h1-8,17H. The largest absolute Gasteiger partial charge is 0.361 e. The van der Waals surface area contributed by atoms with Crippen LogP contribution in [0, 0.1) is 5.82 Å². The summed E-state index contributed by atoms with van der Waals surface area (Å²) in [4.78, 5) is 3.13. The summed E-state index contributed by atoms with van der Waals surface area (Å²) in [5, 5.41) is 1.58. The minimum Gasteiger partial charge on any atom is -0.361 e. The molecule has 0 aliphatic carbocycles. The zero-order valence-electron chi connectivity index (χ0n) is 8.87. The van der Waals surface area contributed by atoms with Gasteiger partial charge in [0.15, 0.2) is 0 Å². The molecule has 1 nitrogen and oxygen atoms in total. The Labute approximate surface area is 103 Å². The molecule has 0 amide bonds. The lowest BCUT2D eigenvalue weighted by molar-refractivity contribution is 0.630. The van der Waals surface area contributed by atoms with Crippen LogP contribution in [0.4, 0.5) is 4.39 Å². The topological polar surface area (TPSA) is 15.8 Å². The monoisotopic (exact) mass is 245 g/mol. The van der Waals surface area contributed by atoms with Crippen molar-refractivity contribution in [1.82, 2.24) is 4.98 Å². The molecule has 3 heteroatoms. The van der Waals surface area contributed by atoms with E-state index in [4.69, 9.17) is 11.6 Å². The maximum Gasteiger partial charge on any atom is 0.123 e. The number of fused-ring (bicyclic) bond motifs is 1. The number of hydrogen-bond acceptors (Lipinski definition) is 0. The Kier molecular flexibility index (Phi) is 2.37. The third-order valence-electron chi connectivity index (χ3n) is 2.80. The van der Waals surface area contributed by atoms with Crippen LogP contribution >= 0.6 is 11.6 Å². The number of aromatic amines is 1. The summed E-state index contributed by atoms with van der Waals surface area (Å²) >= 11 is 5.85. The second-order valence-corrected chi connectivity index (χ2v) is 4.34. The molecule has 0 unspecified atom stereocenters. The number of halogens is 2. The Morgan fingerprint density at radius 1 is 1.00 bits per heavy atom. The summed E-state index contributed by atoms with van der Waals surface area (Å²) < 4.78 is 13.2. The SMILES string of the molecule is Fc1ccc2[nH]cc(-c3ccc(Cl)cc3)c2c1. The summed E-state index contributed by atoms with van der Waals surface area (Å²) in [6, 6.07) is 12.2. The molecule has 0 radical (unpaired) electrons. The molecule has 1 aromatic heterocycles. The summed E-state index contributed by atoms with van der Waals surface area (Å²) in [5.41, 5.74) is 2.93. The van der Waals surface area contributed by atoms with Gasteiger partial charge >= 0.3 is 0 Å². The Morgan fingerprint density at radius 2 is 1.76 bits per heavy atom. The smallest absolute Gasteiger partial charge is 0.123 e. The molecule has 3 rings (SSSR count). The van der Waals surface area contributed by atoms with Crippen LogP contribution in [0.1, 0.15) is 0 Å². The lowest BCUT2D eigenvalue weighted by atomic mass is 10.1. The molecule has 0 spiro atoms. The fourth-order valence-electron chi connectivity index (χ4n) is 1.96. The summed E-state index contributed by atoms with van der Waals surface area (Å²) in [6.45, 7) is 0. The van der Waals surface area contributed by atoms with Gasteiger partial charge in [0.2, 0.25) is 0 Å². The molecule has 17 heavy (non-hydrogen) atoms. The number of nitrogens with one attached hydrogen (secondary N) is 1. The Morgan fingerprint density at radius 3 is 2.53 bits per heavy atom. The number of benzene rings is 2. The molecule has 0 bridgehead atoms. The number of rotatable bonds is 1. The van der Waals surface area contributed by atoms with Gasteiger partial charge in [-0.1, -0.05) is 23.7 Å². The highest BCUT2D eigenvalue weighted by Crippen LogP contribution is 2.29. The van der Waals surface area contributed by atoms with Crippen molar-refractivity contribution in [3.05, 3.63) is 59.5 Å². The van der Waals surface area contributed by atoms with E-state index < -0.39 is 0 Å². The molecule has 0 saturated carbocycles. The predicted octanol–water partition coefficient (Wildman–Crippen LogP) is 4.63. The molecular weight excluding hydrogens is 237 g/mol. The van der Waals surface area contributed by atoms with Gasteiger partial charge in [-0.05, 0) is 35.9 Å². The van der Waals surface area contributed by atoms with Gasteiger partial charge in [-0.2, -0.15) is 0 Å². The van der Waals surface area contributed by atoms with E-state index in [2.05, 4.69) is 4.98 Å². The van der Waals surface area contributed by atoms with Crippen LogP contribution in [-0.4, -0.2) is 4.98 Å². The fourth-order valence-corrected chi connectivity index (χ4v) is 2.09. The average Bonchev–Trinajstić information content (AvgIpc) is 2.73. The second-order valence-electron chi connectivity index (χ2n) is 3.90. The van der Waals surface area contributed by atoms with Crippen LogP contribution in [-0.2, 0) is 0 Å². The quantitative estimate of drug-likeness (QED) is 0.644. The molecule has 0 aliphatic rings. The number of H-pyrrole nitrogens is 1. The van der Waals surface area contributed by atoms with Crippen molar-refractivity contribution in [2.75, 3.05) is 0 Å².